The van der Waals surface area contributed by atoms with E-state index in [9.17, 15) is 4.79 Å². The molecule has 0 spiro atoms. The fourth-order valence-electron chi connectivity index (χ4n) is 3.46. The maximum absolute atomic E-state index is 12.6. The molecule has 0 saturated carbocycles. The van der Waals surface area contributed by atoms with Crippen molar-refractivity contribution in [3.8, 4) is 11.5 Å². The molecule has 0 aliphatic carbocycles. The minimum absolute atomic E-state index is 0.157. The number of nitrogens with zero attached hydrogens (tertiary/aromatic N) is 2. The van der Waals surface area contributed by atoms with Crippen LogP contribution < -0.4 is 19.7 Å². The van der Waals surface area contributed by atoms with E-state index in [0.29, 0.717) is 41.0 Å². The molecule has 148 valence electrons. The summed E-state index contributed by atoms with van der Waals surface area (Å²) in [7, 11) is 0. The molecule has 1 fully saturated rings. The second kappa shape index (κ2) is 7.85. The van der Waals surface area contributed by atoms with E-state index in [2.05, 4.69) is 29.0 Å². The van der Waals surface area contributed by atoms with Crippen molar-refractivity contribution in [3.63, 3.8) is 0 Å². The third-order valence-corrected chi connectivity index (χ3v) is 4.89. The largest absolute Gasteiger partial charge is 0.486 e. The molecule has 1 aromatic carbocycles. The molecule has 28 heavy (non-hydrogen) atoms. The summed E-state index contributed by atoms with van der Waals surface area (Å²) in [6.45, 7) is 6.55. The van der Waals surface area contributed by atoms with Gasteiger partial charge < -0.3 is 24.4 Å². The number of halogens is 1. The van der Waals surface area contributed by atoms with Crippen LogP contribution in [0.2, 0.25) is 5.02 Å². The van der Waals surface area contributed by atoms with Crippen molar-refractivity contribution in [1.29, 1.82) is 0 Å². The van der Waals surface area contributed by atoms with Crippen LogP contribution in [0.15, 0.2) is 30.5 Å². The van der Waals surface area contributed by atoms with Crippen molar-refractivity contribution in [2.45, 2.75) is 26.1 Å². The predicted molar refractivity (Wildman–Crippen MR) is 107 cm³/mol. The van der Waals surface area contributed by atoms with Crippen molar-refractivity contribution in [2.75, 3.05) is 36.5 Å². The van der Waals surface area contributed by atoms with Crippen LogP contribution in [0.4, 0.5) is 11.5 Å². The zero-order valence-electron chi connectivity index (χ0n) is 15.8. The van der Waals surface area contributed by atoms with Crippen LogP contribution in [-0.2, 0) is 4.74 Å². The van der Waals surface area contributed by atoms with Gasteiger partial charge in [0.2, 0.25) is 0 Å². The van der Waals surface area contributed by atoms with E-state index in [-0.39, 0.29) is 18.1 Å². The predicted octanol–water partition coefficient (Wildman–Crippen LogP) is 3.37. The lowest BCUT2D eigenvalue weighted by Gasteiger charge is -2.36. The fraction of sp³-hybridized carbons (Fsp3) is 0.400. The molecule has 2 aromatic rings. The van der Waals surface area contributed by atoms with Crippen LogP contribution in [0.5, 0.6) is 11.5 Å². The van der Waals surface area contributed by atoms with Crippen LogP contribution in [0.1, 0.15) is 24.2 Å². The van der Waals surface area contributed by atoms with E-state index < -0.39 is 0 Å². The smallest absolute Gasteiger partial charge is 0.255 e. The number of pyridine rings is 1. The Hall–Kier alpha value is -2.51. The van der Waals surface area contributed by atoms with Crippen LogP contribution >= 0.6 is 11.6 Å². The number of amides is 1. The summed E-state index contributed by atoms with van der Waals surface area (Å²) in [6, 6.07) is 6.94. The zero-order valence-corrected chi connectivity index (χ0v) is 16.5. The van der Waals surface area contributed by atoms with Crippen LogP contribution in [-0.4, -0.2) is 49.4 Å². The Labute approximate surface area is 168 Å². The second-order valence-electron chi connectivity index (χ2n) is 7.00. The molecule has 1 saturated heterocycles. The van der Waals surface area contributed by atoms with Gasteiger partial charge in [-0.05, 0) is 38.1 Å². The van der Waals surface area contributed by atoms with Crippen LogP contribution in [0.3, 0.4) is 0 Å². The molecule has 7 nitrogen and oxygen atoms in total. The summed E-state index contributed by atoms with van der Waals surface area (Å²) in [5.74, 6) is 1.53. The summed E-state index contributed by atoms with van der Waals surface area (Å²) >= 11 is 6.21. The molecule has 8 heteroatoms. The Kier molecular flexibility index (Phi) is 5.28. The van der Waals surface area contributed by atoms with Gasteiger partial charge in [-0.3, -0.25) is 4.79 Å². The lowest BCUT2D eigenvalue weighted by atomic mass is 10.1. The first-order valence-electron chi connectivity index (χ1n) is 9.26. The topological polar surface area (TPSA) is 72.9 Å². The highest BCUT2D eigenvalue weighted by Gasteiger charge is 2.23. The number of fused-ring (bicyclic) bond motifs is 1. The molecule has 3 heterocycles. The number of aromatic nitrogens is 1. The van der Waals surface area contributed by atoms with Gasteiger partial charge in [-0.1, -0.05) is 11.6 Å². The Balaban J connectivity index is 1.46. The highest BCUT2D eigenvalue weighted by Crippen LogP contribution is 2.38. The summed E-state index contributed by atoms with van der Waals surface area (Å²) in [6.07, 6.45) is 1.97. The van der Waals surface area contributed by atoms with Crippen molar-refractivity contribution < 1.29 is 19.0 Å². The number of rotatable bonds is 3. The molecule has 2 atom stereocenters. The van der Waals surface area contributed by atoms with Gasteiger partial charge in [0.15, 0.2) is 11.5 Å². The number of hydrogen-bond acceptors (Lipinski definition) is 6. The van der Waals surface area contributed by atoms with Crippen LogP contribution in [0.25, 0.3) is 0 Å². The van der Waals surface area contributed by atoms with Gasteiger partial charge in [0, 0.05) is 18.7 Å². The van der Waals surface area contributed by atoms with Gasteiger partial charge in [0.05, 0.1) is 29.1 Å². The third kappa shape index (κ3) is 4.00. The Morgan fingerprint density at radius 2 is 1.93 bits per heavy atom. The normalized spacial score (nSPS) is 21.3. The number of carbonyl (C=O) groups excluding carboxylic acids is 1. The number of morpholine rings is 1. The van der Waals surface area contributed by atoms with Crippen molar-refractivity contribution in [2.24, 2.45) is 0 Å². The Morgan fingerprint density at radius 3 is 2.64 bits per heavy atom. The van der Waals surface area contributed by atoms with E-state index in [4.69, 9.17) is 25.8 Å². The Morgan fingerprint density at radius 1 is 1.18 bits per heavy atom. The average Bonchev–Trinajstić information content (AvgIpc) is 2.68. The lowest BCUT2D eigenvalue weighted by molar-refractivity contribution is -0.00545. The Bertz CT molecular complexity index is 864. The van der Waals surface area contributed by atoms with E-state index in [1.54, 1.807) is 18.3 Å². The van der Waals surface area contributed by atoms with Crippen molar-refractivity contribution in [1.82, 2.24) is 4.98 Å². The lowest BCUT2D eigenvalue weighted by Crippen LogP contribution is -2.45. The van der Waals surface area contributed by atoms with Gasteiger partial charge in [-0.15, -0.1) is 0 Å². The summed E-state index contributed by atoms with van der Waals surface area (Å²) in [5, 5.41) is 3.19. The first-order valence-corrected chi connectivity index (χ1v) is 9.64. The quantitative estimate of drug-likeness (QED) is 0.847. The maximum Gasteiger partial charge on any atom is 0.255 e. The van der Waals surface area contributed by atoms with E-state index in [1.165, 1.54) is 0 Å². The summed E-state index contributed by atoms with van der Waals surface area (Å²) in [4.78, 5) is 19.3. The van der Waals surface area contributed by atoms with E-state index in [0.717, 1.165) is 18.9 Å². The average molecular weight is 404 g/mol. The van der Waals surface area contributed by atoms with Gasteiger partial charge in [-0.25, -0.2) is 4.98 Å². The molecule has 4 rings (SSSR count). The number of benzene rings is 1. The first kappa shape index (κ1) is 18.8. The SMILES string of the molecule is CC1CN(c2ccc(NC(=O)c3cc(Cl)c4c(c3)OCCO4)cn2)CC(C)O1. The van der Waals surface area contributed by atoms with Gasteiger partial charge in [-0.2, -0.15) is 0 Å². The molecule has 0 radical (unpaired) electrons. The van der Waals surface area contributed by atoms with Gasteiger partial charge in [0.25, 0.3) is 5.91 Å². The minimum atomic E-state index is -0.290. The molecule has 1 aromatic heterocycles. The number of ether oxygens (including phenoxy) is 3. The molecule has 2 unspecified atom stereocenters. The van der Waals surface area contributed by atoms with Gasteiger partial charge >= 0.3 is 0 Å². The maximum atomic E-state index is 12.6. The van der Waals surface area contributed by atoms with Crippen molar-refractivity contribution >= 4 is 29.0 Å². The third-order valence-electron chi connectivity index (χ3n) is 4.61. The summed E-state index contributed by atoms with van der Waals surface area (Å²) in [5.41, 5.74) is 1.00. The molecular formula is C20H22ClN3O4. The first-order chi connectivity index (χ1) is 13.5. The number of hydrogen-bond donors (Lipinski definition) is 1. The van der Waals surface area contributed by atoms with Crippen molar-refractivity contribution in [3.05, 3.63) is 41.0 Å². The van der Waals surface area contributed by atoms with Gasteiger partial charge in [0.1, 0.15) is 19.0 Å². The molecule has 2 aliphatic rings. The zero-order chi connectivity index (χ0) is 19.7. The second-order valence-corrected chi connectivity index (χ2v) is 7.41. The fourth-order valence-corrected chi connectivity index (χ4v) is 3.72. The molecule has 0 bridgehead atoms. The monoisotopic (exact) mass is 403 g/mol. The number of nitrogens with one attached hydrogen (secondary N) is 1. The van der Waals surface area contributed by atoms with Crippen LogP contribution in [0, 0.1) is 0 Å². The minimum Gasteiger partial charge on any atom is -0.486 e. The summed E-state index contributed by atoms with van der Waals surface area (Å²) < 4.78 is 16.8. The number of anilines is 2. The number of carbonyl (C=O) groups is 1. The highest BCUT2D eigenvalue weighted by molar-refractivity contribution is 6.32. The molecule has 1 N–H and O–H groups in total. The molecule has 2 aliphatic heterocycles. The van der Waals surface area contributed by atoms with E-state index in [1.807, 2.05) is 12.1 Å². The van der Waals surface area contributed by atoms with E-state index >= 15 is 0 Å². The molecule has 1 amide bonds. The highest BCUT2D eigenvalue weighted by atomic mass is 35.5. The standard InChI is InChI=1S/C20H22ClN3O4/c1-12-10-24(11-13(2)28-12)18-4-3-15(9-22-18)23-20(25)14-7-16(21)19-17(8-14)26-5-6-27-19/h3-4,7-9,12-13H,5-6,10-11H2,1-2H3,(H,23,25). The molecular weight excluding hydrogens is 382 g/mol.